The molecule has 1 aromatic heterocycles. The number of nitrogen functional groups attached to an aromatic ring is 1. The SMILES string of the molecule is CCN(Cc1ccncc1)c1ccc(C(=N)N)c(Br)c1F. The van der Waals surface area contributed by atoms with Crippen molar-refractivity contribution in [1.29, 1.82) is 5.41 Å². The molecule has 21 heavy (non-hydrogen) atoms. The summed E-state index contributed by atoms with van der Waals surface area (Å²) in [6.07, 6.45) is 3.43. The first-order valence-corrected chi connectivity index (χ1v) is 7.30. The van der Waals surface area contributed by atoms with Crippen molar-refractivity contribution in [2.24, 2.45) is 5.73 Å². The average Bonchev–Trinajstić information content (AvgIpc) is 2.48. The normalized spacial score (nSPS) is 10.4. The first-order chi connectivity index (χ1) is 10.0. The number of nitrogens with one attached hydrogen (secondary N) is 1. The van der Waals surface area contributed by atoms with Gasteiger partial charge in [0, 0.05) is 31.0 Å². The summed E-state index contributed by atoms with van der Waals surface area (Å²) in [4.78, 5) is 5.89. The molecule has 2 aromatic rings. The van der Waals surface area contributed by atoms with Crippen LogP contribution in [0.15, 0.2) is 41.1 Å². The maximum Gasteiger partial charge on any atom is 0.161 e. The number of pyridine rings is 1. The molecule has 0 bridgehead atoms. The minimum Gasteiger partial charge on any atom is -0.384 e. The highest BCUT2D eigenvalue weighted by molar-refractivity contribution is 9.10. The van der Waals surface area contributed by atoms with Crippen molar-refractivity contribution in [1.82, 2.24) is 4.98 Å². The Kier molecular flexibility index (Phi) is 4.90. The number of hydrogen-bond donors (Lipinski definition) is 2. The van der Waals surface area contributed by atoms with Crippen molar-refractivity contribution in [2.45, 2.75) is 13.5 Å². The predicted molar refractivity (Wildman–Crippen MR) is 86.1 cm³/mol. The van der Waals surface area contributed by atoms with E-state index in [0.29, 0.717) is 24.3 Å². The monoisotopic (exact) mass is 350 g/mol. The Morgan fingerprint density at radius 2 is 2.00 bits per heavy atom. The minimum absolute atomic E-state index is 0.162. The predicted octanol–water partition coefficient (Wildman–Crippen LogP) is 3.29. The van der Waals surface area contributed by atoms with Crippen LogP contribution >= 0.6 is 15.9 Å². The Morgan fingerprint density at radius 3 is 2.57 bits per heavy atom. The fourth-order valence-corrected chi connectivity index (χ4v) is 2.62. The molecule has 0 aliphatic rings. The van der Waals surface area contributed by atoms with Crippen LogP contribution in [0, 0.1) is 11.2 Å². The molecular weight excluding hydrogens is 335 g/mol. The second-order valence-electron chi connectivity index (χ2n) is 4.54. The Bertz CT molecular complexity index is 646. The van der Waals surface area contributed by atoms with Crippen LogP contribution in [-0.2, 0) is 6.54 Å². The number of nitrogens with zero attached hydrogens (tertiary/aromatic N) is 2. The zero-order valence-electron chi connectivity index (χ0n) is 11.6. The van der Waals surface area contributed by atoms with Crippen LogP contribution in [0.3, 0.4) is 0 Å². The number of halogens is 2. The second kappa shape index (κ2) is 6.67. The lowest BCUT2D eigenvalue weighted by atomic mass is 10.1. The third-order valence-corrected chi connectivity index (χ3v) is 3.97. The van der Waals surface area contributed by atoms with Crippen molar-refractivity contribution >= 4 is 27.5 Å². The van der Waals surface area contributed by atoms with E-state index in [0.717, 1.165) is 5.56 Å². The molecule has 0 saturated carbocycles. The van der Waals surface area contributed by atoms with E-state index in [1.165, 1.54) is 0 Å². The van der Waals surface area contributed by atoms with E-state index < -0.39 is 5.82 Å². The number of aromatic nitrogens is 1. The van der Waals surface area contributed by atoms with Gasteiger partial charge < -0.3 is 10.6 Å². The summed E-state index contributed by atoms with van der Waals surface area (Å²) >= 11 is 3.18. The van der Waals surface area contributed by atoms with Crippen molar-refractivity contribution in [3.63, 3.8) is 0 Å². The second-order valence-corrected chi connectivity index (χ2v) is 5.34. The van der Waals surface area contributed by atoms with Crippen molar-refractivity contribution < 1.29 is 4.39 Å². The molecule has 0 amide bonds. The molecular formula is C15H16BrFN4. The van der Waals surface area contributed by atoms with Gasteiger partial charge in [-0.15, -0.1) is 0 Å². The van der Waals surface area contributed by atoms with Gasteiger partial charge in [0.05, 0.1) is 10.2 Å². The number of hydrogen-bond acceptors (Lipinski definition) is 3. The van der Waals surface area contributed by atoms with Gasteiger partial charge in [-0.25, -0.2) is 4.39 Å². The van der Waals surface area contributed by atoms with Gasteiger partial charge in [0.2, 0.25) is 0 Å². The fourth-order valence-electron chi connectivity index (χ4n) is 2.07. The van der Waals surface area contributed by atoms with Crippen LogP contribution in [0.5, 0.6) is 0 Å². The number of amidine groups is 1. The summed E-state index contributed by atoms with van der Waals surface area (Å²) in [5.41, 5.74) is 7.32. The quantitative estimate of drug-likeness (QED) is 0.642. The lowest BCUT2D eigenvalue weighted by Gasteiger charge is -2.24. The highest BCUT2D eigenvalue weighted by Crippen LogP contribution is 2.30. The molecule has 0 aliphatic carbocycles. The largest absolute Gasteiger partial charge is 0.384 e. The van der Waals surface area contributed by atoms with Gasteiger partial charge in [0.15, 0.2) is 5.82 Å². The van der Waals surface area contributed by atoms with Gasteiger partial charge in [0.1, 0.15) is 5.84 Å². The van der Waals surface area contributed by atoms with Gasteiger partial charge in [-0.05, 0) is 52.7 Å². The van der Waals surface area contributed by atoms with E-state index in [2.05, 4.69) is 20.9 Å². The molecule has 0 fully saturated rings. The third-order valence-electron chi connectivity index (χ3n) is 3.20. The Hall–Kier alpha value is -1.95. The van der Waals surface area contributed by atoms with E-state index in [1.807, 2.05) is 24.0 Å². The van der Waals surface area contributed by atoms with Gasteiger partial charge in [0.25, 0.3) is 0 Å². The summed E-state index contributed by atoms with van der Waals surface area (Å²) in [6.45, 7) is 3.21. The summed E-state index contributed by atoms with van der Waals surface area (Å²) in [6, 6.07) is 7.11. The molecule has 0 saturated heterocycles. The van der Waals surface area contributed by atoms with Crippen LogP contribution in [0.25, 0.3) is 0 Å². The molecule has 0 aliphatic heterocycles. The van der Waals surface area contributed by atoms with Crippen LogP contribution in [0.4, 0.5) is 10.1 Å². The summed E-state index contributed by atoms with van der Waals surface area (Å²) in [5.74, 6) is -0.567. The maximum atomic E-state index is 14.5. The highest BCUT2D eigenvalue weighted by atomic mass is 79.9. The first-order valence-electron chi connectivity index (χ1n) is 6.50. The third kappa shape index (κ3) is 3.39. The molecule has 0 unspecified atom stereocenters. The Labute approximate surface area is 131 Å². The van der Waals surface area contributed by atoms with Crippen LogP contribution in [0.2, 0.25) is 0 Å². The molecule has 0 spiro atoms. The zero-order valence-corrected chi connectivity index (χ0v) is 13.2. The van der Waals surface area contributed by atoms with Gasteiger partial charge in [-0.3, -0.25) is 10.4 Å². The minimum atomic E-state index is -0.404. The standard InChI is InChI=1S/C15H16BrFN4/c1-2-21(9-10-5-7-20-8-6-10)12-4-3-11(15(18)19)13(16)14(12)17/h3-8H,2,9H2,1H3,(H3,18,19). The lowest BCUT2D eigenvalue weighted by Crippen LogP contribution is -2.24. The lowest BCUT2D eigenvalue weighted by molar-refractivity contribution is 0.611. The van der Waals surface area contributed by atoms with Crippen LogP contribution in [0.1, 0.15) is 18.1 Å². The fraction of sp³-hybridized carbons (Fsp3) is 0.200. The molecule has 1 aromatic carbocycles. The molecule has 1 heterocycles. The van der Waals surface area contributed by atoms with Gasteiger partial charge in [-0.2, -0.15) is 0 Å². The van der Waals surface area contributed by atoms with Crippen LogP contribution in [-0.4, -0.2) is 17.4 Å². The molecule has 6 heteroatoms. The molecule has 3 N–H and O–H groups in total. The van der Waals surface area contributed by atoms with Gasteiger partial charge in [-0.1, -0.05) is 0 Å². The van der Waals surface area contributed by atoms with E-state index in [1.54, 1.807) is 24.5 Å². The number of rotatable bonds is 5. The summed E-state index contributed by atoms with van der Waals surface area (Å²) < 4.78 is 14.7. The zero-order chi connectivity index (χ0) is 15.4. The Morgan fingerprint density at radius 1 is 1.33 bits per heavy atom. The average molecular weight is 351 g/mol. The molecule has 0 atom stereocenters. The van der Waals surface area contributed by atoms with Crippen molar-refractivity contribution in [2.75, 3.05) is 11.4 Å². The topological polar surface area (TPSA) is 66.0 Å². The van der Waals surface area contributed by atoms with E-state index in [4.69, 9.17) is 11.1 Å². The van der Waals surface area contributed by atoms with Crippen molar-refractivity contribution in [3.8, 4) is 0 Å². The maximum absolute atomic E-state index is 14.5. The molecule has 110 valence electrons. The van der Waals surface area contributed by atoms with E-state index >= 15 is 0 Å². The van der Waals surface area contributed by atoms with Gasteiger partial charge >= 0.3 is 0 Å². The highest BCUT2D eigenvalue weighted by Gasteiger charge is 2.17. The van der Waals surface area contributed by atoms with Crippen LogP contribution < -0.4 is 10.6 Å². The van der Waals surface area contributed by atoms with E-state index in [9.17, 15) is 4.39 Å². The van der Waals surface area contributed by atoms with Crippen molar-refractivity contribution in [3.05, 3.63) is 58.1 Å². The smallest absolute Gasteiger partial charge is 0.161 e. The van der Waals surface area contributed by atoms with E-state index in [-0.39, 0.29) is 10.3 Å². The summed E-state index contributed by atoms with van der Waals surface area (Å²) in [5, 5.41) is 7.44. The Balaban J connectivity index is 2.35. The first kappa shape index (κ1) is 15.4. The molecule has 0 radical (unpaired) electrons. The number of anilines is 1. The summed E-state index contributed by atoms with van der Waals surface area (Å²) in [7, 11) is 0. The molecule has 4 nitrogen and oxygen atoms in total. The molecule has 2 rings (SSSR count). The number of nitrogens with two attached hydrogens (primary N) is 1. The number of benzene rings is 1.